The normalized spacial score (nSPS) is 12.7. The van der Waals surface area contributed by atoms with Gasteiger partial charge in [0.25, 0.3) is 0 Å². The van der Waals surface area contributed by atoms with Crippen LogP contribution in [-0.2, 0) is 0 Å². The lowest BCUT2D eigenvalue weighted by Gasteiger charge is -2.27. The number of benzene rings is 2. The van der Waals surface area contributed by atoms with Crippen LogP contribution in [0.25, 0.3) is 0 Å². The first kappa shape index (κ1) is 25.9. The Labute approximate surface area is 221 Å². The predicted molar refractivity (Wildman–Crippen MR) is 149 cm³/mol. The summed E-state index contributed by atoms with van der Waals surface area (Å²) >= 11 is 3.27. The van der Waals surface area contributed by atoms with Crippen LogP contribution in [0, 0.1) is 13.8 Å². The summed E-state index contributed by atoms with van der Waals surface area (Å²) in [5, 5.41) is 0. The summed E-state index contributed by atoms with van der Waals surface area (Å²) in [6, 6.07) is 23.1. The Kier molecular flexibility index (Phi) is 8.39. The quantitative estimate of drug-likeness (QED) is 0.175. The fourth-order valence-corrected chi connectivity index (χ4v) is 5.02. The number of hydrogen-bond donors (Lipinski definition) is 0. The highest BCUT2D eigenvalue weighted by Gasteiger charge is 2.37. The summed E-state index contributed by atoms with van der Waals surface area (Å²) in [5.41, 5.74) is 4.23. The minimum absolute atomic E-state index is 0.133. The van der Waals surface area contributed by atoms with Crippen LogP contribution in [0.5, 0.6) is 0 Å². The molecular formula is C30H28N2O2S2. The fourth-order valence-electron chi connectivity index (χ4n) is 4.20. The van der Waals surface area contributed by atoms with E-state index in [1.165, 1.54) is 0 Å². The van der Waals surface area contributed by atoms with Crippen molar-refractivity contribution in [3.8, 4) is 0 Å². The van der Waals surface area contributed by atoms with Gasteiger partial charge in [0.05, 0.1) is 11.8 Å². The second-order valence-corrected chi connectivity index (χ2v) is 10.4. The van der Waals surface area contributed by atoms with Gasteiger partial charge in [-0.3, -0.25) is 19.6 Å². The summed E-state index contributed by atoms with van der Waals surface area (Å²) < 4.78 is 0. The Morgan fingerprint density at radius 3 is 1.22 bits per heavy atom. The Hall–Kier alpha value is -3.22. The molecule has 0 fully saturated rings. The molecule has 0 saturated heterocycles. The number of Topliss-reactive ketones (excluding diaryl/α,β-unsaturated/α-hetero) is 2. The molecule has 0 aliphatic heterocycles. The van der Waals surface area contributed by atoms with Crippen molar-refractivity contribution < 1.29 is 9.59 Å². The van der Waals surface area contributed by atoms with Gasteiger partial charge >= 0.3 is 0 Å². The van der Waals surface area contributed by atoms with Crippen molar-refractivity contribution in [3.05, 3.63) is 119 Å². The molecule has 2 aromatic carbocycles. The molecule has 0 aliphatic carbocycles. The number of carbonyl (C=O) groups is 2. The lowest BCUT2D eigenvalue weighted by atomic mass is 9.74. The number of aromatic nitrogens is 2. The summed E-state index contributed by atoms with van der Waals surface area (Å²) in [6.45, 7) is 3.77. The third kappa shape index (κ3) is 5.77. The molecule has 0 amide bonds. The van der Waals surface area contributed by atoms with E-state index in [1.54, 1.807) is 48.1 Å². The maximum absolute atomic E-state index is 14.1. The molecule has 0 aliphatic rings. The van der Waals surface area contributed by atoms with Crippen molar-refractivity contribution in [1.29, 1.82) is 0 Å². The van der Waals surface area contributed by atoms with E-state index in [4.69, 9.17) is 0 Å². The SMILES string of the molecule is CSc1ccc(C(C(=O)c2ccc(C)nc2)C(C(=O)c2ccc(C)nc2)c2ccc(SC)cc2)cc1. The van der Waals surface area contributed by atoms with Crippen LogP contribution in [0.4, 0.5) is 0 Å². The van der Waals surface area contributed by atoms with E-state index in [0.717, 1.165) is 32.3 Å². The molecule has 4 rings (SSSR count). The molecule has 0 spiro atoms. The van der Waals surface area contributed by atoms with Gasteiger partial charge in [-0.2, -0.15) is 0 Å². The van der Waals surface area contributed by atoms with Gasteiger partial charge in [-0.15, -0.1) is 23.5 Å². The Morgan fingerprint density at radius 2 is 0.944 bits per heavy atom. The molecule has 0 saturated carbocycles. The highest BCUT2D eigenvalue weighted by molar-refractivity contribution is 7.98. The monoisotopic (exact) mass is 512 g/mol. The molecule has 2 atom stereocenters. The molecule has 182 valence electrons. The summed E-state index contributed by atoms with van der Waals surface area (Å²) in [7, 11) is 0. The zero-order valence-electron chi connectivity index (χ0n) is 20.8. The summed E-state index contributed by atoms with van der Waals surface area (Å²) in [6.07, 6.45) is 7.23. The van der Waals surface area contributed by atoms with Gasteiger partial charge < -0.3 is 0 Å². The second-order valence-electron chi connectivity index (χ2n) is 8.61. The fraction of sp³-hybridized carbons (Fsp3) is 0.200. The Balaban J connectivity index is 1.90. The first-order valence-electron chi connectivity index (χ1n) is 11.6. The molecule has 36 heavy (non-hydrogen) atoms. The van der Waals surface area contributed by atoms with Crippen molar-refractivity contribution in [3.63, 3.8) is 0 Å². The zero-order chi connectivity index (χ0) is 25.7. The van der Waals surface area contributed by atoms with Gasteiger partial charge in [0.15, 0.2) is 11.6 Å². The predicted octanol–water partition coefficient (Wildman–Crippen LogP) is 7.17. The number of carbonyl (C=O) groups excluding carboxylic acids is 2. The molecule has 2 aromatic heterocycles. The zero-order valence-corrected chi connectivity index (χ0v) is 22.4. The molecule has 0 bridgehead atoms. The first-order chi connectivity index (χ1) is 17.4. The molecule has 6 heteroatoms. The lowest BCUT2D eigenvalue weighted by molar-refractivity contribution is 0.0866. The number of ketones is 2. The number of aryl methyl sites for hydroxylation is 2. The van der Waals surface area contributed by atoms with E-state index >= 15 is 0 Å². The van der Waals surface area contributed by atoms with E-state index < -0.39 is 11.8 Å². The van der Waals surface area contributed by atoms with E-state index in [1.807, 2.05) is 87.0 Å². The van der Waals surface area contributed by atoms with E-state index in [2.05, 4.69) is 9.97 Å². The van der Waals surface area contributed by atoms with Crippen molar-refractivity contribution in [2.24, 2.45) is 0 Å². The maximum Gasteiger partial charge on any atom is 0.172 e. The summed E-state index contributed by atoms with van der Waals surface area (Å²) in [4.78, 5) is 39.1. The van der Waals surface area contributed by atoms with Gasteiger partial charge in [0, 0.05) is 44.7 Å². The number of nitrogens with zero attached hydrogens (tertiary/aromatic N) is 2. The number of rotatable bonds is 9. The van der Waals surface area contributed by atoms with Gasteiger partial charge in [0.1, 0.15) is 0 Å². The number of hydrogen-bond acceptors (Lipinski definition) is 6. The van der Waals surface area contributed by atoms with E-state index in [-0.39, 0.29) is 11.6 Å². The van der Waals surface area contributed by atoms with Crippen LogP contribution in [-0.4, -0.2) is 34.0 Å². The van der Waals surface area contributed by atoms with E-state index in [0.29, 0.717) is 11.1 Å². The highest BCUT2D eigenvalue weighted by atomic mass is 32.2. The first-order valence-corrected chi connectivity index (χ1v) is 14.1. The maximum atomic E-state index is 14.1. The molecule has 4 aromatic rings. The topological polar surface area (TPSA) is 59.9 Å². The Bertz CT molecular complexity index is 1230. The number of thioether (sulfide) groups is 2. The van der Waals surface area contributed by atoms with Crippen LogP contribution in [0.1, 0.15) is 55.1 Å². The smallest absolute Gasteiger partial charge is 0.172 e. The second kappa shape index (κ2) is 11.7. The molecule has 4 nitrogen and oxygen atoms in total. The average molecular weight is 513 g/mol. The van der Waals surface area contributed by atoms with Crippen LogP contribution >= 0.6 is 23.5 Å². The van der Waals surface area contributed by atoms with Gasteiger partial charge in [-0.25, -0.2) is 0 Å². The number of pyridine rings is 2. The standard InChI is InChI=1S/C30H28N2O2S2/c1-19-5-7-23(17-31-19)29(33)27(21-9-13-25(35-3)14-10-21)28(22-11-15-26(36-4)16-12-22)30(34)24-8-6-20(2)32-18-24/h5-18,27-28H,1-4H3. The summed E-state index contributed by atoms with van der Waals surface area (Å²) in [5.74, 6) is -1.71. The third-order valence-corrected chi connectivity index (χ3v) is 7.73. The average Bonchev–Trinajstić information content (AvgIpc) is 2.92. The minimum Gasteiger partial charge on any atom is -0.293 e. The largest absolute Gasteiger partial charge is 0.293 e. The van der Waals surface area contributed by atoms with Crippen LogP contribution in [0.2, 0.25) is 0 Å². The van der Waals surface area contributed by atoms with Crippen LogP contribution in [0.15, 0.2) is 95.0 Å². The van der Waals surface area contributed by atoms with Gasteiger partial charge in [-0.05, 0) is 86.0 Å². The van der Waals surface area contributed by atoms with Crippen molar-refractivity contribution in [2.45, 2.75) is 35.5 Å². The van der Waals surface area contributed by atoms with Crippen LogP contribution < -0.4 is 0 Å². The van der Waals surface area contributed by atoms with E-state index in [9.17, 15) is 9.59 Å². The molecule has 0 N–H and O–H groups in total. The lowest BCUT2D eigenvalue weighted by Crippen LogP contribution is -2.27. The van der Waals surface area contributed by atoms with Gasteiger partial charge in [0.2, 0.25) is 0 Å². The van der Waals surface area contributed by atoms with Gasteiger partial charge in [-0.1, -0.05) is 24.3 Å². The molecular weight excluding hydrogens is 484 g/mol. The van der Waals surface area contributed by atoms with Crippen molar-refractivity contribution in [1.82, 2.24) is 9.97 Å². The minimum atomic E-state index is -0.723. The van der Waals surface area contributed by atoms with Crippen LogP contribution in [0.3, 0.4) is 0 Å². The Morgan fingerprint density at radius 1 is 0.583 bits per heavy atom. The van der Waals surface area contributed by atoms with Crippen molar-refractivity contribution in [2.75, 3.05) is 12.5 Å². The highest BCUT2D eigenvalue weighted by Crippen LogP contribution is 2.39. The molecule has 0 radical (unpaired) electrons. The van der Waals surface area contributed by atoms with Crippen molar-refractivity contribution >= 4 is 35.1 Å². The third-order valence-electron chi connectivity index (χ3n) is 6.24. The molecule has 2 unspecified atom stereocenters. The molecule has 2 heterocycles.